The van der Waals surface area contributed by atoms with Gasteiger partial charge in [-0.1, -0.05) is 0 Å². The summed E-state index contributed by atoms with van der Waals surface area (Å²) in [5, 5.41) is 20.8. The first-order valence-electron chi connectivity index (χ1n) is 6.09. The maximum absolute atomic E-state index is 9.81. The summed E-state index contributed by atoms with van der Waals surface area (Å²) >= 11 is 0. The predicted molar refractivity (Wildman–Crippen MR) is 77.7 cm³/mol. The van der Waals surface area contributed by atoms with Gasteiger partial charge in [-0.15, -0.1) is 0 Å². The summed E-state index contributed by atoms with van der Waals surface area (Å²) in [4.78, 5) is 8.00. The normalized spacial score (nSPS) is 11.1. The van der Waals surface area contributed by atoms with E-state index in [4.69, 9.17) is 10.5 Å². The lowest BCUT2D eigenvalue weighted by Gasteiger charge is -2.03. The Morgan fingerprint density at radius 2 is 2.09 bits per heavy atom. The number of hydrazone groups is 1. The molecular formula is C12H11N7O3. The van der Waals surface area contributed by atoms with E-state index in [-0.39, 0.29) is 28.7 Å². The number of nitrogens with one attached hydrogen (secondary N) is 1. The molecule has 1 aromatic carbocycles. The number of benzene rings is 1. The van der Waals surface area contributed by atoms with Crippen LogP contribution in [0.15, 0.2) is 27.9 Å². The summed E-state index contributed by atoms with van der Waals surface area (Å²) in [5.41, 5.74) is 9.23. The van der Waals surface area contributed by atoms with Crippen molar-refractivity contribution in [2.45, 2.75) is 0 Å². The molecule has 10 nitrogen and oxygen atoms in total. The van der Waals surface area contributed by atoms with Gasteiger partial charge in [-0.2, -0.15) is 10.1 Å². The summed E-state index contributed by atoms with van der Waals surface area (Å²) < 4.78 is 9.49. The summed E-state index contributed by atoms with van der Waals surface area (Å²) in [6.45, 7) is 0. The van der Waals surface area contributed by atoms with Gasteiger partial charge in [-0.05, 0) is 22.4 Å². The van der Waals surface area contributed by atoms with Crippen molar-refractivity contribution in [3.63, 3.8) is 0 Å². The van der Waals surface area contributed by atoms with Gasteiger partial charge >= 0.3 is 0 Å². The average Bonchev–Trinajstić information content (AvgIpc) is 2.96. The van der Waals surface area contributed by atoms with Gasteiger partial charge in [-0.25, -0.2) is 9.61 Å². The van der Waals surface area contributed by atoms with Gasteiger partial charge in [0.2, 0.25) is 11.3 Å². The summed E-state index contributed by atoms with van der Waals surface area (Å²) in [7, 11) is 1.51. The van der Waals surface area contributed by atoms with Gasteiger partial charge in [0.05, 0.1) is 13.3 Å². The first-order chi connectivity index (χ1) is 10.7. The van der Waals surface area contributed by atoms with Crippen LogP contribution < -0.4 is 15.9 Å². The largest absolute Gasteiger partial charge is 0.507 e. The molecule has 22 heavy (non-hydrogen) atoms. The van der Waals surface area contributed by atoms with Crippen molar-refractivity contribution in [1.29, 1.82) is 0 Å². The molecule has 0 atom stereocenters. The lowest BCUT2D eigenvalue weighted by atomic mass is 10.2. The second kappa shape index (κ2) is 5.52. The molecule has 0 unspecified atom stereocenters. The molecule has 112 valence electrons. The van der Waals surface area contributed by atoms with Crippen molar-refractivity contribution in [2.75, 3.05) is 18.3 Å². The van der Waals surface area contributed by atoms with Crippen LogP contribution >= 0.6 is 0 Å². The molecule has 2 heterocycles. The van der Waals surface area contributed by atoms with E-state index in [0.29, 0.717) is 11.3 Å². The second-order valence-corrected chi connectivity index (χ2v) is 4.16. The highest BCUT2D eigenvalue weighted by molar-refractivity contribution is 5.84. The fourth-order valence-corrected chi connectivity index (χ4v) is 1.66. The molecule has 0 fully saturated rings. The molecule has 0 saturated carbocycles. The third-order valence-corrected chi connectivity index (χ3v) is 2.75. The molecule has 0 aliphatic carbocycles. The minimum atomic E-state index is 0.0279. The fraction of sp³-hybridized carbons (Fsp3) is 0.0833. The van der Waals surface area contributed by atoms with Crippen molar-refractivity contribution in [1.82, 2.24) is 20.3 Å². The highest BCUT2D eigenvalue weighted by Gasteiger charge is 2.09. The number of fused-ring (bicyclic) bond motifs is 1. The quantitative estimate of drug-likeness (QED) is 0.469. The molecule has 0 saturated heterocycles. The van der Waals surface area contributed by atoms with Crippen LogP contribution in [0.4, 0.5) is 11.6 Å². The maximum Gasteiger partial charge on any atom is 0.245 e. The molecule has 0 radical (unpaired) electrons. The Morgan fingerprint density at radius 1 is 1.32 bits per heavy atom. The number of nitrogens with zero attached hydrogens (tertiary/aromatic N) is 5. The van der Waals surface area contributed by atoms with E-state index in [1.54, 1.807) is 12.1 Å². The molecule has 0 aliphatic heterocycles. The minimum absolute atomic E-state index is 0.0279. The van der Waals surface area contributed by atoms with E-state index in [1.807, 2.05) is 0 Å². The predicted octanol–water partition coefficient (Wildman–Crippen LogP) is 0.755. The van der Waals surface area contributed by atoms with E-state index in [2.05, 4.69) is 35.4 Å². The topological polar surface area (TPSA) is 145 Å². The van der Waals surface area contributed by atoms with Crippen LogP contribution in [0.5, 0.6) is 11.5 Å². The Labute approximate surface area is 123 Å². The monoisotopic (exact) mass is 301 g/mol. The number of hydrogen-bond acceptors (Lipinski definition) is 10. The zero-order valence-electron chi connectivity index (χ0n) is 11.4. The summed E-state index contributed by atoms with van der Waals surface area (Å²) in [6, 6.07) is 4.82. The molecule has 0 aliphatic rings. The zero-order chi connectivity index (χ0) is 15.5. The average molecular weight is 301 g/mol. The lowest BCUT2D eigenvalue weighted by molar-refractivity contribution is 0.314. The lowest BCUT2D eigenvalue weighted by Crippen LogP contribution is -2.02. The van der Waals surface area contributed by atoms with Gasteiger partial charge in [0.25, 0.3) is 0 Å². The van der Waals surface area contributed by atoms with Crippen LogP contribution in [-0.4, -0.2) is 38.7 Å². The highest BCUT2D eigenvalue weighted by Crippen LogP contribution is 2.22. The number of phenolic OH excluding ortho intramolecular Hbond substituents is 1. The SMILES string of the molecule is COc1ccc(C=NNc2nc3nonc3nc2N)c(O)c1. The number of aromatic nitrogens is 4. The number of aromatic hydroxyl groups is 1. The number of phenols is 1. The molecule has 2 aromatic heterocycles. The van der Waals surface area contributed by atoms with Gasteiger partial charge in [0.1, 0.15) is 11.5 Å². The van der Waals surface area contributed by atoms with Crippen molar-refractivity contribution in [2.24, 2.45) is 5.10 Å². The van der Waals surface area contributed by atoms with Crippen molar-refractivity contribution in [3.05, 3.63) is 23.8 Å². The number of ether oxygens (including phenoxy) is 1. The molecule has 0 bridgehead atoms. The Bertz CT molecular complexity index is 846. The van der Waals surface area contributed by atoms with E-state index in [0.717, 1.165) is 0 Å². The van der Waals surface area contributed by atoms with Crippen LogP contribution in [0.2, 0.25) is 0 Å². The van der Waals surface area contributed by atoms with E-state index in [1.165, 1.54) is 19.4 Å². The number of hydrogen-bond donors (Lipinski definition) is 3. The van der Waals surface area contributed by atoms with Crippen molar-refractivity contribution >= 4 is 29.1 Å². The van der Waals surface area contributed by atoms with Crippen LogP contribution in [0, 0.1) is 0 Å². The van der Waals surface area contributed by atoms with Gasteiger partial charge in [-0.3, -0.25) is 5.43 Å². The van der Waals surface area contributed by atoms with Crippen LogP contribution in [-0.2, 0) is 0 Å². The molecular weight excluding hydrogens is 290 g/mol. The number of rotatable bonds is 4. The molecule has 3 rings (SSSR count). The molecule has 4 N–H and O–H groups in total. The van der Waals surface area contributed by atoms with Gasteiger partial charge < -0.3 is 15.6 Å². The second-order valence-electron chi connectivity index (χ2n) is 4.16. The highest BCUT2D eigenvalue weighted by atomic mass is 16.6. The molecule has 3 aromatic rings. The van der Waals surface area contributed by atoms with E-state index in [9.17, 15) is 5.11 Å². The first kappa shape index (κ1) is 13.5. The zero-order valence-corrected chi connectivity index (χ0v) is 11.4. The smallest absolute Gasteiger partial charge is 0.245 e. The summed E-state index contributed by atoms with van der Waals surface area (Å²) in [5.74, 6) is 0.869. The Kier molecular flexibility index (Phi) is 3.40. The Hall–Kier alpha value is -3.43. The van der Waals surface area contributed by atoms with Crippen molar-refractivity contribution < 1.29 is 14.5 Å². The number of nitrogen functional groups attached to an aromatic ring is 1. The molecule has 0 spiro atoms. The van der Waals surface area contributed by atoms with Gasteiger partial charge in [0.15, 0.2) is 11.6 Å². The van der Waals surface area contributed by atoms with E-state index < -0.39 is 0 Å². The third-order valence-electron chi connectivity index (χ3n) is 2.75. The number of anilines is 2. The first-order valence-corrected chi connectivity index (χ1v) is 6.09. The summed E-state index contributed by atoms with van der Waals surface area (Å²) in [6.07, 6.45) is 1.40. The number of nitrogens with two attached hydrogens (primary N) is 1. The maximum atomic E-state index is 9.81. The van der Waals surface area contributed by atoms with E-state index >= 15 is 0 Å². The van der Waals surface area contributed by atoms with Crippen molar-refractivity contribution in [3.8, 4) is 11.5 Å². The molecule has 0 amide bonds. The number of methoxy groups -OCH3 is 1. The van der Waals surface area contributed by atoms with Crippen LogP contribution in [0.1, 0.15) is 5.56 Å². The third kappa shape index (κ3) is 2.57. The Morgan fingerprint density at radius 3 is 2.82 bits per heavy atom. The fourth-order valence-electron chi connectivity index (χ4n) is 1.66. The minimum Gasteiger partial charge on any atom is -0.507 e. The van der Waals surface area contributed by atoms with Gasteiger partial charge in [0, 0.05) is 11.6 Å². The molecule has 10 heteroatoms. The van der Waals surface area contributed by atoms with Crippen LogP contribution in [0.25, 0.3) is 11.3 Å². The van der Waals surface area contributed by atoms with Crippen LogP contribution in [0.3, 0.4) is 0 Å². The standard InChI is InChI=1S/C12H11N7O3/c1-21-7-3-2-6(8(20)4-7)5-14-17-10-9(13)15-11-12(16-10)19-22-18-11/h2-5,20H,1H3,(H2,13,15,18)(H,16,17,19). The Balaban J connectivity index is 1.79.